The molecule has 5 heteroatoms. The van der Waals surface area contributed by atoms with E-state index in [2.05, 4.69) is 22.0 Å². The second kappa shape index (κ2) is 7.51. The lowest BCUT2D eigenvalue weighted by molar-refractivity contribution is 0.110. The molecule has 0 aliphatic heterocycles. The molecular formula is C17H25N3O2. The van der Waals surface area contributed by atoms with E-state index in [1.165, 1.54) is 5.56 Å². The van der Waals surface area contributed by atoms with Gasteiger partial charge in [0, 0.05) is 12.5 Å². The van der Waals surface area contributed by atoms with Crippen LogP contribution in [0.1, 0.15) is 55.6 Å². The Bertz CT molecular complexity index is 578. The van der Waals surface area contributed by atoms with Crippen LogP contribution in [0.25, 0.3) is 0 Å². The fraction of sp³-hybridized carbons (Fsp3) is 0.529. The van der Waals surface area contributed by atoms with Crippen molar-refractivity contribution in [3.05, 3.63) is 47.1 Å². The normalized spacial score (nSPS) is 13.0. The van der Waals surface area contributed by atoms with Crippen molar-refractivity contribution in [2.45, 2.75) is 46.3 Å². The van der Waals surface area contributed by atoms with Gasteiger partial charge < -0.3 is 9.63 Å². The second-order valence-electron chi connectivity index (χ2n) is 5.96. The first-order valence-electron chi connectivity index (χ1n) is 7.79. The minimum atomic E-state index is -0.517. The van der Waals surface area contributed by atoms with Gasteiger partial charge in [0.1, 0.15) is 0 Å². The maximum absolute atomic E-state index is 10.4. The highest BCUT2D eigenvalue weighted by atomic mass is 16.5. The average Bonchev–Trinajstić information content (AvgIpc) is 2.96. The first-order chi connectivity index (χ1) is 10.5. The zero-order chi connectivity index (χ0) is 16.1. The van der Waals surface area contributed by atoms with E-state index in [4.69, 9.17) is 4.52 Å². The number of aliphatic hydroxyl groups excluding tert-OH is 1. The van der Waals surface area contributed by atoms with Gasteiger partial charge in [-0.25, -0.2) is 0 Å². The van der Waals surface area contributed by atoms with Gasteiger partial charge in [-0.15, -0.1) is 0 Å². The average molecular weight is 303 g/mol. The van der Waals surface area contributed by atoms with E-state index in [-0.39, 0.29) is 5.92 Å². The summed E-state index contributed by atoms with van der Waals surface area (Å²) >= 11 is 0. The van der Waals surface area contributed by atoms with E-state index in [1.54, 1.807) is 0 Å². The van der Waals surface area contributed by atoms with E-state index < -0.39 is 6.10 Å². The zero-order valence-electron chi connectivity index (χ0n) is 13.8. The van der Waals surface area contributed by atoms with Crippen molar-refractivity contribution < 1.29 is 9.63 Å². The Morgan fingerprint density at radius 2 is 1.91 bits per heavy atom. The van der Waals surface area contributed by atoms with Gasteiger partial charge >= 0.3 is 0 Å². The second-order valence-corrected chi connectivity index (χ2v) is 5.96. The smallest absolute Gasteiger partial charge is 0.229 e. The highest BCUT2D eigenvalue weighted by Gasteiger charge is 2.16. The molecule has 0 saturated carbocycles. The summed E-state index contributed by atoms with van der Waals surface area (Å²) in [6.07, 6.45) is -0.517. The van der Waals surface area contributed by atoms with Crippen molar-refractivity contribution in [1.29, 1.82) is 0 Å². The minimum Gasteiger partial charge on any atom is -0.387 e. The summed E-state index contributed by atoms with van der Waals surface area (Å²) in [4.78, 5) is 6.50. The van der Waals surface area contributed by atoms with Crippen molar-refractivity contribution in [2.24, 2.45) is 0 Å². The molecule has 0 radical (unpaired) electrons. The van der Waals surface area contributed by atoms with E-state index in [0.29, 0.717) is 24.8 Å². The Morgan fingerprint density at radius 3 is 2.45 bits per heavy atom. The molecule has 1 aromatic heterocycles. The van der Waals surface area contributed by atoms with Crippen LogP contribution in [0.3, 0.4) is 0 Å². The Hall–Kier alpha value is -1.72. The van der Waals surface area contributed by atoms with Crippen molar-refractivity contribution in [2.75, 3.05) is 13.1 Å². The van der Waals surface area contributed by atoms with E-state index in [1.807, 2.05) is 45.0 Å². The number of benzene rings is 1. The number of rotatable bonds is 7. The molecule has 0 bridgehead atoms. The Balaban J connectivity index is 1.97. The maximum Gasteiger partial charge on any atom is 0.229 e. The van der Waals surface area contributed by atoms with Gasteiger partial charge in [0.15, 0.2) is 5.82 Å². The lowest BCUT2D eigenvalue weighted by Crippen LogP contribution is -2.28. The molecule has 0 spiro atoms. The number of aryl methyl sites for hydroxylation is 1. The maximum atomic E-state index is 10.4. The molecule has 0 aliphatic carbocycles. The minimum absolute atomic E-state index is 0.231. The van der Waals surface area contributed by atoms with Gasteiger partial charge in [-0.05, 0) is 19.0 Å². The third kappa shape index (κ3) is 4.39. The van der Waals surface area contributed by atoms with Crippen LogP contribution >= 0.6 is 0 Å². The Morgan fingerprint density at radius 1 is 1.23 bits per heavy atom. The molecule has 0 amide bonds. The predicted molar refractivity (Wildman–Crippen MR) is 85.5 cm³/mol. The lowest BCUT2D eigenvalue weighted by atomic mass is 10.1. The quantitative estimate of drug-likeness (QED) is 0.851. The number of aromatic nitrogens is 2. The first kappa shape index (κ1) is 16.6. The van der Waals surface area contributed by atoms with E-state index in [0.717, 1.165) is 12.1 Å². The third-order valence-corrected chi connectivity index (χ3v) is 3.68. The van der Waals surface area contributed by atoms with Gasteiger partial charge in [0.2, 0.25) is 5.89 Å². The van der Waals surface area contributed by atoms with E-state index in [9.17, 15) is 5.11 Å². The number of hydrogen-bond acceptors (Lipinski definition) is 5. The van der Waals surface area contributed by atoms with Crippen molar-refractivity contribution in [3.63, 3.8) is 0 Å². The molecule has 1 heterocycles. The van der Waals surface area contributed by atoms with Crippen LogP contribution in [-0.2, 0) is 6.54 Å². The van der Waals surface area contributed by atoms with Crippen LogP contribution in [0.2, 0.25) is 0 Å². The van der Waals surface area contributed by atoms with Gasteiger partial charge in [0.05, 0.1) is 12.6 Å². The van der Waals surface area contributed by atoms with Crippen LogP contribution in [0.4, 0.5) is 0 Å². The summed E-state index contributed by atoms with van der Waals surface area (Å²) in [7, 11) is 0. The monoisotopic (exact) mass is 303 g/mol. The van der Waals surface area contributed by atoms with Crippen LogP contribution in [-0.4, -0.2) is 33.2 Å². The molecule has 0 saturated heterocycles. The summed E-state index contributed by atoms with van der Waals surface area (Å²) in [5.41, 5.74) is 2.12. The summed E-state index contributed by atoms with van der Waals surface area (Å²) in [5, 5.41) is 14.4. The predicted octanol–water partition coefficient (Wildman–Crippen LogP) is 3.06. The molecular weight excluding hydrogens is 278 g/mol. The van der Waals surface area contributed by atoms with Crippen molar-refractivity contribution in [3.8, 4) is 0 Å². The zero-order valence-corrected chi connectivity index (χ0v) is 13.8. The van der Waals surface area contributed by atoms with Gasteiger partial charge in [-0.1, -0.05) is 55.8 Å². The molecule has 1 aromatic carbocycles. The molecule has 22 heavy (non-hydrogen) atoms. The standard InChI is InChI=1S/C17H25N3O2/c1-5-20(11-16-18-17(12(2)3)22-19-16)10-15(21)14-8-6-13(4)7-9-14/h6-9,12,15,21H,5,10-11H2,1-4H3. The fourth-order valence-electron chi connectivity index (χ4n) is 2.21. The number of nitrogens with zero attached hydrogens (tertiary/aromatic N) is 3. The number of hydrogen-bond donors (Lipinski definition) is 1. The van der Waals surface area contributed by atoms with Crippen LogP contribution in [0.5, 0.6) is 0 Å². The Kier molecular flexibility index (Phi) is 5.69. The fourth-order valence-corrected chi connectivity index (χ4v) is 2.21. The lowest BCUT2D eigenvalue weighted by Gasteiger charge is -2.22. The van der Waals surface area contributed by atoms with Gasteiger partial charge in [0.25, 0.3) is 0 Å². The van der Waals surface area contributed by atoms with Gasteiger partial charge in [-0.3, -0.25) is 4.90 Å². The van der Waals surface area contributed by atoms with Crippen LogP contribution < -0.4 is 0 Å². The summed E-state index contributed by atoms with van der Waals surface area (Å²) in [6.45, 7) is 10.1. The van der Waals surface area contributed by atoms with E-state index >= 15 is 0 Å². The molecule has 1 unspecified atom stereocenters. The van der Waals surface area contributed by atoms with Gasteiger partial charge in [-0.2, -0.15) is 4.98 Å². The molecule has 1 atom stereocenters. The molecule has 0 aliphatic rings. The van der Waals surface area contributed by atoms with Crippen molar-refractivity contribution in [1.82, 2.24) is 15.0 Å². The molecule has 120 valence electrons. The highest BCUT2D eigenvalue weighted by Crippen LogP contribution is 2.17. The number of aliphatic hydroxyl groups is 1. The summed E-state index contributed by atoms with van der Waals surface area (Å²) < 4.78 is 5.22. The van der Waals surface area contributed by atoms with Crippen molar-refractivity contribution >= 4 is 0 Å². The Labute approximate surface area is 132 Å². The number of likely N-dealkylation sites (N-methyl/N-ethyl adjacent to an activating group) is 1. The third-order valence-electron chi connectivity index (χ3n) is 3.68. The van der Waals surface area contributed by atoms with Crippen LogP contribution in [0.15, 0.2) is 28.8 Å². The summed E-state index contributed by atoms with van der Waals surface area (Å²) in [5.74, 6) is 1.56. The summed E-state index contributed by atoms with van der Waals surface area (Å²) in [6, 6.07) is 7.98. The molecule has 2 rings (SSSR count). The molecule has 2 aromatic rings. The largest absolute Gasteiger partial charge is 0.387 e. The molecule has 5 nitrogen and oxygen atoms in total. The SMILES string of the molecule is CCN(Cc1noc(C(C)C)n1)CC(O)c1ccc(C)cc1. The topological polar surface area (TPSA) is 62.4 Å². The highest BCUT2D eigenvalue weighted by molar-refractivity contribution is 5.23. The molecule has 0 fully saturated rings. The molecule has 1 N–H and O–H groups in total. The van der Waals surface area contributed by atoms with Crippen LogP contribution in [0, 0.1) is 6.92 Å². The first-order valence-corrected chi connectivity index (χ1v) is 7.79.